The average Bonchev–Trinajstić information content (AvgIpc) is 3.37. The van der Waals surface area contributed by atoms with Crippen LogP contribution in [0.25, 0.3) is 0 Å². The van der Waals surface area contributed by atoms with Gasteiger partial charge >= 0.3 is 12.2 Å². The van der Waals surface area contributed by atoms with Crippen LogP contribution in [-0.4, -0.2) is 82.6 Å². The molecule has 2 aromatic heterocycles. The number of rotatable bonds is 7. The van der Waals surface area contributed by atoms with Gasteiger partial charge in [0, 0.05) is 43.2 Å². The highest BCUT2D eigenvalue weighted by molar-refractivity contribution is 5.87. The summed E-state index contributed by atoms with van der Waals surface area (Å²) in [5, 5.41) is 0. The maximum Gasteiger partial charge on any atom is 0.418 e. The number of nitrogens with zero attached hydrogens (tertiary/aromatic N) is 6. The highest BCUT2D eigenvalue weighted by Crippen LogP contribution is 2.47. The zero-order valence-corrected chi connectivity index (χ0v) is 26.3. The van der Waals surface area contributed by atoms with E-state index in [2.05, 4.69) is 28.4 Å². The van der Waals surface area contributed by atoms with Crippen molar-refractivity contribution >= 4 is 17.5 Å². The van der Waals surface area contributed by atoms with Gasteiger partial charge in [0.15, 0.2) is 0 Å². The minimum Gasteiger partial charge on any atom is -0.462 e. The van der Waals surface area contributed by atoms with Crippen molar-refractivity contribution in [3.8, 4) is 6.01 Å². The van der Waals surface area contributed by atoms with Gasteiger partial charge in [-0.3, -0.25) is 4.79 Å². The Bertz CT molecular complexity index is 1400. The second kappa shape index (κ2) is 12.5. The third-order valence-electron chi connectivity index (χ3n) is 9.64. The van der Waals surface area contributed by atoms with Crippen molar-refractivity contribution in [2.45, 2.75) is 77.6 Å². The number of likely N-dealkylation sites (N-methyl/N-ethyl adjacent to an activating group) is 1. The SMILES string of the molecule is C=CC(=O)N1CCN(c2nc(OC[C@@H]3CCCN3C)nc3c2C[C@@H](C(C)C)[C@H](c2nc(N)cc(C)c2C(F)(F)F)C3)[C@@H](C)C1. The van der Waals surface area contributed by atoms with Crippen LogP contribution in [0.2, 0.25) is 0 Å². The molecular formula is C32H44F3N7O2. The van der Waals surface area contributed by atoms with E-state index in [1.54, 1.807) is 4.90 Å². The van der Waals surface area contributed by atoms with E-state index < -0.39 is 17.7 Å². The fourth-order valence-corrected chi connectivity index (χ4v) is 7.24. The molecule has 0 aromatic carbocycles. The molecule has 2 saturated heterocycles. The fourth-order valence-electron chi connectivity index (χ4n) is 7.24. The summed E-state index contributed by atoms with van der Waals surface area (Å²) in [6, 6.07) is 1.71. The van der Waals surface area contributed by atoms with Crippen LogP contribution < -0.4 is 15.4 Å². The van der Waals surface area contributed by atoms with Gasteiger partial charge < -0.3 is 25.2 Å². The van der Waals surface area contributed by atoms with E-state index in [9.17, 15) is 18.0 Å². The molecule has 2 aromatic rings. The highest BCUT2D eigenvalue weighted by Gasteiger charge is 2.44. The number of likely N-dealkylation sites (tertiary alicyclic amines) is 1. The lowest BCUT2D eigenvalue weighted by atomic mass is 9.70. The normalized spacial score (nSPS) is 24.5. The fraction of sp³-hybridized carbons (Fsp3) is 0.625. The second-order valence-electron chi connectivity index (χ2n) is 12.9. The Balaban J connectivity index is 1.58. The number of fused-ring (bicyclic) bond motifs is 1. The molecule has 1 aliphatic carbocycles. The number of carbonyl (C=O) groups is 1. The first kappa shape index (κ1) is 32.0. The third kappa shape index (κ3) is 6.36. The third-order valence-corrected chi connectivity index (χ3v) is 9.64. The van der Waals surface area contributed by atoms with E-state index in [0.717, 1.165) is 30.8 Å². The Labute approximate surface area is 257 Å². The minimum atomic E-state index is -4.57. The maximum absolute atomic E-state index is 14.5. The van der Waals surface area contributed by atoms with Crippen LogP contribution >= 0.6 is 0 Å². The monoisotopic (exact) mass is 615 g/mol. The highest BCUT2D eigenvalue weighted by atomic mass is 19.4. The molecule has 9 nitrogen and oxygen atoms in total. The Hall–Kier alpha value is -3.41. The predicted octanol–water partition coefficient (Wildman–Crippen LogP) is 4.63. The van der Waals surface area contributed by atoms with Crippen LogP contribution in [-0.2, 0) is 23.8 Å². The molecule has 2 fully saturated rings. The van der Waals surface area contributed by atoms with Crippen LogP contribution in [0.3, 0.4) is 0 Å². The lowest BCUT2D eigenvalue weighted by Gasteiger charge is -2.43. The van der Waals surface area contributed by atoms with Crippen molar-refractivity contribution in [1.29, 1.82) is 0 Å². The molecule has 0 spiro atoms. The second-order valence-corrected chi connectivity index (χ2v) is 12.9. The number of aromatic nitrogens is 3. The van der Waals surface area contributed by atoms with Crippen molar-refractivity contribution in [3.63, 3.8) is 0 Å². The Morgan fingerprint density at radius 2 is 1.95 bits per heavy atom. The summed E-state index contributed by atoms with van der Waals surface area (Å²) in [6.07, 6.45) is -0.380. The van der Waals surface area contributed by atoms with Gasteiger partial charge in [-0.25, -0.2) is 4.98 Å². The summed E-state index contributed by atoms with van der Waals surface area (Å²) in [5.74, 6) is 0.0559. The number of ether oxygens (including phenoxy) is 1. The molecule has 0 bridgehead atoms. The van der Waals surface area contributed by atoms with Gasteiger partial charge in [0.1, 0.15) is 18.2 Å². The topological polar surface area (TPSA) is 101 Å². The standard InChI is InChI=1S/C32H44F3N7O2/c1-7-27(43)41-11-12-42(20(5)16-41)30-24-14-22(18(2)3)23(29-28(32(33,34)35)19(4)13-26(36)38-29)15-25(24)37-31(39-30)44-17-21-9-8-10-40(21)6/h7,13,18,20-23H,1,8-12,14-17H2,2-6H3,(H2,36,38)/t20-,21-,22-,23+/m0/s1. The molecule has 0 saturated carbocycles. The van der Waals surface area contributed by atoms with Gasteiger partial charge in [-0.1, -0.05) is 20.4 Å². The number of hydrogen-bond donors (Lipinski definition) is 1. The molecule has 0 unspecified atom stereocenters. The van der Waals surface area contributed by atoms with E-state index in [-0.39, 0.29) is 59.3 Å². The summed E-state index contributed by atoms with van der Waals surface area (Å²) < 4.78 is 49.6. The molecular weight excluding hydrogens is 571 g/mol. The number of nitrogen functional groups attached to an aromatic ring is 1. The van der Waals surface area contributed by atoms with Gasteiger partial charge in [0.2, 0.25) is 5.91 Å². The number of nitrogens with two attached hydrogens (primary N) is 1. The number of piperazine rings is 1. The first-order valence-electron chi connectivity index (χ1n) is 15.5. The van der Waals surface area contributed by atoms with Crippen LogP contribution in [0.4, 0.5) is 24.8 Å². The van der Waals surface area contributed by atoms with Gasteiger partial charge in [-0.05, 0) is 82.7 Å². The molecule has 2 aliphatic heterocycles. The number of aryl methyl sites for hydroxylation is 1. The van der Waals surface area contributed by atoms with Crippen LogP contribution in [0, 0.1) is 18.8 Å². The van der Waals surface area contributed by atoms with E-state index in [1.165, 1.54) is 19.1 Å². The Morgan fingerprint density at radius 3 is 2.57 bits per heavy atom. The average molecular weight is 616 g/mol. The molecule has 12 heteroatoms. The largest absolute Gasteiger partial charge is 0.462 e. The minimum absolute atomic E-state index is 0.0144. The van der Waals surface area contributed by atoms with Gasteiger partial charge in [-0.2, -0.15) is 23.1 Å². The molecule has 2 N–H and O–H groups in total. The number of alkyl halides is 3. The Kier molecular flexibility index (Phi) is 9.11. The van der Waals surface area contributed by atoms with Crippen LogP contribution in [0.1, 0.15) is 67.6 Å². The van der Waals surface area contributed by atoms with E-state index in [1.807, 2.05) is 20.8 Å². The first-order valence-corrected chi connectivity index (χ1v) is 15.5. The molecule has 4 heterocycles. The molecule has 5 rings (SSSR count). The van der Waals surface area contributed by atoms with E-state index in [0.29, 0.717) is 38.4 Å². The number of halogens is 3. The number of amides is 1. The summed E-state index contributed by atoms with van der Waals surface area (Å²) >= 11 is 0. The van der Waals surface area contributed by atoms with Gasteiger partial charge in [-0.15, -0.1) is 0 Å². The van der Waals surface area contributed by atoms with Crippen molar-refractivity contribution < 1.29 is 22.7 Å². The zero-order chi connectivity index (χ0) is 31.9. The maximum atomic E-state index is 14.5. The first-order chi connectivity index (χ1) is 20.8. The number of pyridine rings is 1. The molecule has 44 heavy (non-hydrogen) atoms. The lowest BCUT2D eigenvalue weighted by Crippen LogP contribution is -2.54. The van der Waals surface area contributed by atoms with Gasteiger partial charge in [0.05, 0.1) is 17.0 Å². The lowest BCUT2D eigenvalue weighted by molar-refractivity contribution is -0.139. The van der Waals surface area contributed by atoms with E-state index in [4.69, 9.17) is 20.4 Å². The summed E-state index contributed by atoms with van der Waals surface area (Å²) in [5.41, 5.74) is 6.99. The molecule has 3 aliphatic rings. The van der Waals surface area contributed by atoms with Crippen LogP contribution in [0.15, 0.2) is 18.7 Å². The van der Waals surface area contributed by atoms with Crippen molar-refractivity contribution in [2.75, 3.05) is 50.5 Å². The van der Waals surface area contributed by atoms with Crippen molar-refractivity contribution in [2.24, 2.45) is 11.8 Å². The van der Waals surface area contributed by atoms with Crippen molar-refractivity contribution in [1.82, 2.24) is 24.8 Å². The Morgan fingerprint density at radius 1 is 1.20 bits per heavy atom. The smallest absolute Gasteiger partial charge is 0.418 e. The van der Waals surface area contributed by atoms with Gasteiger partial charge in [0.25, 0.3) is 0 Å². The zero-order valence-electron chi connectivity index (χ0n) is 26.3. The number of carbonyl (C=O) groups excluding carboxylic acids is 1. The predicted molar refractivity (Wildman–Crippen MR) is 164 cm³/mol. The molecule has 4 atom stereocenters. The van der Waals surface area contributed by atoms with E-state index >= 15 is 0 Å². The molecule has 240 valence electrons. The number of anilines is 2. The summed E-state index contributed by atoms with van der Waals surface area (Å²) in [6.45, 7) is 14.2. The quantitative estimate of drug-likeness (QED) is 0.450. The summed E-state index contributed by atoms with van der Waals surface area (Å²) in [7, 11) is 2.07. The van der Waals surface area contributed by atoms with Crippen LogP contribution in [0.5, 0.6) is 6.01 Å². The number of hydrogen-bond acceptors (Lipinski definition) is 8. The summed E-state index contributed by atoms with van der Waals surface area (Å²) in [4.78, 5) is 32.7. The molecule has 0 radical (unpaired) electrons. The molecule has 1 amide bonds. The van der Waals surface area contributed by atoms with Crippen molar-refractivity contribution in [3.05, 3.63) is 46.8 Å².